The standard InChI is InChI=1S/C23H21F3N2O4/c24-23(25,26)15-6-3-9-17(14-15)28(22(30)19-11-5-13-32-19)20(18-10-4-12-31-18)21(29)27-16-7-1-2-8-16/h3-6,9-14,16,20H,1-2,7-8H2,(H,27,29)/t20-/m1/s1. The van der Waals surface area contributed by atoms with Gasteiger partial charge in [0.2, 0.25) is 0 Å². The van der Waals surface area contributed by atoms with E-state index in [0.29, 0.717) is 0 Å². The van der Waals surface area contributed by atoms with Crippen molar-refractivity contribution in [2.45, 2.75) is 43.9 Å². The van der Waals surface area contributed by atoms with Gasteiger partial charge in [0.15, 0.2) is 11.8 Å². The van der Waals surface area contributed by atoms with Gasteiger partial charge in [0, 0.05) is 11.7 Å². The van der Waals surface area contributed by atoms with Crippen LogP contribution < -0.4 is 10.2 Å². The second-order valence-corrected chi connectivity index (χ2v) is 7.61. The lowest BCUT2D eigenvalue weighted by Gasteiger charge is -2.30. The van der Waals surface area contributed by atoms with E-state index in [1.807, 2.05) is 0 Å². The third-order valence-corrected chi connectivity index (χ3v) is 5.42. The molecule has 2 aromatic heterocycles. The Labute approximate surface area is 182 Å². The normalized spacial score (nSPS) is 15.5. The van der Waals surface area contributed by atoms with Gasteiger partial charge in [-0.15, -0.1) is 0 Å². The molecule has 1 fully saturated rings. The van der Waals surface area contributed by atoms with Crippen molar-refractivity contribution in [2.24, 2.45) is 0 Å². The third kappa shape index (κ3) is 4.56. The fourth-order valence-electron chi connectivity index (χ4n) is 3.91. The minimum absolute atomic E-state index is 0.0676. The van der Waals surface area contributed by atoms with Gasteiger partial charge in [0.05, 0.1) is 18.1 Å². The number of rotatable bonds is 6. The maximum absolute atomic E-state index is 13.4. The molecule has 9 heteroatoms. The van der Waals surface area contributed by atoms with Crippen LogP contribution in [0.15, 0.2) is 69.9 Å². The SMILES string of the molecule is O=C(NC1CCCC1)[C@@H](c1ccco1)N(C(=O)c1ccco1)c1cccc(C(F)(F)F)c1. The highest BCUT2D eigenvalue weighted by atomic mass is 19.4. The Morgan fingerprint density at radius 3 is 2.34 bits per heavy atom. The molecule has 1 N–H and O–H groups in total. The lowest BCUT2D eigenvalue weighted by atomic mass is 10.1. The van der Waals surface area contributed by atoms with Gasteiger partial charge < -0.3 is 14.2 Å². The zero-order valence-electron chi connectivity index (χ0n) is 17.0. The van der Waals surface area contributed by atoms with Crippen LogP contribution in [0.5, 0.6) is 0 Å². The molecule has 2 heterocycles. The number of alkyl halides is 3. The van der Waals surface area contributed by atoms with Crippen molar-refractivity contribution in [3.8, 4) is 0 Å². The highest BCUT2D eigenvalue weighted by Crippen LogP contribution is 2.36. The van der Waals surface area contributed by atoms with E-state index in [4.69, 9.17) is 8.83 Å². The molecule has 6 nitrogen and oxygen atoms in total. The van der Waals surface area contributed by atoms with E-state index >= 15 is 0 Å². The first kappa shape index (κ1) is 21.7. The molecule has 1 aromatic carbocycles. The highest BCUT2D eigenvalue weighted by Gasteiger charge is 2.39. The molecule has 0 aliphatic heterocycles. The molecule has 0 bridgehead atoms. The molecule has 0 spiro atoms. The van der Waals surface area contributed by atoms with Gasteiger partial charge in [-0.1, -0.05) is 18.9 Å². The smallest absolute Gasteiger partial charge is 0.416 e. The molecule has 0 saturated heterocycles. The molecule has 1 atom stereocenters. The van der Waals surface area contributed by atoms with E-state index in [-0.39, 0.29) is 23.2 Å². The summed E-state index contributed by atoms with van der Waals surface area (Å²) < 4.78 is 50.8. The lowest BCUT2D eigenvalue weighted by molar-refractivity contribution is -0.137. The Morgan fingerprint density at radius 1 is 1.00 bits per heavy atom. The summed E-state index contributed by atoms with van der Waals surface area (Å²) >= 11 is 0. The maximum atomic E-state index is 13.4. The van der Waals surface area contributed by atoms with Crippen molar-refractivity contribution >= 4 is 17.5 Å². The number of nitrogens with zero attached hydrogens (tertiary/aromatic N) is 1. The summed E-state index contributed by atoms with van der Waals surface area (Å²) in [4.78, 5) is 27.7. The van der Waals surface area contributed by atoms with E-state index in [0.717, 1.165) is 42.7 Å². The van der Waals surface area contributed by atoms with E-state index in [2.05, 4.69) is 5.32 Å². The van der Waals surface area contributed by atoms with E-state index < -0.39 is 29.6 Å². The largest absolute Gasteiger partial charge is 0.467 e. The molecule has 1 saturated carbocycles. The van der Waals surface area contributed by atoms with Gasteiger partial charge in [0.25, 0.3) is 11.8 Å². The van der Waals surface area contributed by atoms with Gasteiger partial charge >= 0.3 is 6.18 Å². The molecule has 1 aliphatic rings. The van der Waals surface area contributed by atoms with Crippen molar-refractivity contribution in [1.29, 1.82) is 0 Å². The first-order valence-electron chi connectivity index (χ1n) is 10.2. The maximum Gasteiger partial charge on any atom is 0.416 e. The average Bonchev–Trinajstić information content (AvgIpc) is 3.54. The van der Waals surface area contributed by atoms with Crippen LogP contribution in [-0.2, 0) is 11.0 Å². The highest BCUT2D eigenvalue weighted by molar-refractivity contribution is 6.08. The number of halogens is 3. The number of nitrogens with one attached hydrogen (secondary N) is 1. The summed E-state index contributed by atoms with van der Waals surface area (Å²) in [6.07, 6.45) is 1.53. The fraction of sp³-hybridized carbons (Fsp3) is 0.304. The molecule has 168 valence electrons. The van der Waals surface area contributed by atoms with Crippen molar-refractivity contribution in [3.05, 3.63) is 78.1 Å². The quantitative estimate of drug-likeness (QED) is 0.555. The number of amides is 2. The Morgan fingerprint density at radius 2 is 1.72 bits per heavy atom. The van der Waals surface area contributed by atoms with Gasteiger partial charge in [-0.05, 0) is 55.3 Å². The van der Waals surface area contributed by atoms with Crippen molar-refractivity contribution in [1.82, 2.24) is 5.32 Å². The molecule has 0 radical (unpaired) electrons. The molecule has 4 rings (SSSR count). The van der Waals surface area contributed by atoms with Gasteiger partial charge in [-0.25, -0.2) is 0 Å². The molecular weight excluding hydrogens is 425 g/mol. The number of carbonyl (C=O) groups excluding carboxylic acids is 2. The van der Waals surface area contributed by atoms with Crippen molar-refractivity contribution < 1.29 is 31.6 Å². The van der Waals surface area contributed by atoms with Crippen LogP contribution in [0.25, 0.3) is 0 Å². The lowest BCUT2D eigenvalue weighted by Crippen LogP contribution is -2.46. The number of furan rings is 2. The summed E-state index contributed by atoms with van der Waals surface area (Å²) in [6.45, 7) is 0. The summed E-state index contributed by atoms with van der Waals surface area (Å²) in [6, 6.07) is 8.80. The monoisotopic (exact) mass is 446 g/mol. The Balaban J connectivity index is 1.80. The number of benzene rings is 1. The Kier molecular flexibility index (Phi) is 6.07. The van der Waals surface area contributed by atoms with Crippen LogP contribution in [0.4, 0.5) is 18.9 Å². The first-order valence-corrected chi connectivity index (χ1v) is 10.2. The summed E-state index contributed by atoms with van der Waals surface area (Å²) in [5, 5.41) is 2.92. The second-order valence-electron chi connectivity index (χ2n) is 7.61. The molecular formula is C23H21F3N2O4. The molecule has 0 unspecified atom stereocenters. The fourth-order valence-corrected chi connectivity index (χ4v) is 3.91. The summed E-state index contributed by atoms with van der Waals surface area (Å²) in [7, 11) is 0. The van der Waals surface area contributed by atoms with Gasteiger partial charge in [-0.3, -0.25) is 14.5 Å². The second kappa shape index (κ2) is 8.94. The average molecular weight is 446 g/mol. The number of anilines is 1. The minimum atomic E-state index is -4.62. The zero-order chi connectivity index (χ0) is 22.7. The summed E-state index contributed by atoms with van der Waals surface area (Å²) in [5.74, 6) is -1.30. The van der Waals surface area contributed by atoms with Crippen molar-refractivity contribution in [2.75, 3.05) is 4.90 Å². The van der Waals surface area contributed by atoms with E-state index in [1.54, 1.807) is 6.07 Å². The topological polar surface area (TPSA) is 75.7 Å². The van der Waals surface area contributed by atoms with Crippen LogP contribution in [0.2, 0.25) is 0 Å². The molecule has 1 aliphatic carbocycles. The van der Waals surface area contributed by atoms with Crippen LogP contribution in [-0.4, -0.2) is 17.9 Å². The Bertz CT molecular complexity index is 1060. The number of hydrogen-bond acceptors (Lipinski definition) is 4. The van der Waals surface area contributed by atoms with Crippen LogP contribution >= 0.6 is 0 Å². The number of hydrogen-bond donors (Lipinski definition) is 1. The first-order chi connectivity index (χ1) is 15.3. The van der Waals surface area contributed by atoms with Gasteiger partial charge in [0.1, 0.15) is 5.76 Å². The number of carbonyl (C=O) groups is 2. The van der Waals surface area contributed by atoms with E-state index in [9.17, 15) is 22.8 Å². The minimum Gasteiger partial charge on any atom is -0.467 e. The summed E-state index contributed by atoms with van der Waals surface area (Å²) in [5.41, 5.74) is -1.05. The Hall–Kier alpha value is -3.49. The van der Waals surface area contributed by atoms with Crippen LogP contribution in [0, 0.1) is 0 Å². The zero-order valence-corrected chi connectivity index (χ0v) is 17.0. The molecule has 32 heavy (non-hydrogen) atoms. The predicted molar refractivity (Wildman–Crippen MR) is 109 cm³/mol. The predicted octanol–water partition coefficient (Wildman–Crippen LogP) is 5.34. The van der Waals surface area contributed by atoms with E-state index in [1.165, 1.54) is 42.9 Å². The van der Waals surface area contributed by atoms with Crippen LogP contribution in [0.1, 0.15) is 53.6 Å². The third-order valence-electron chi connectivity index (χ3n) is 5.42. The van der Waals surface area contributed by atoms with Crippen molar-refractivity contribution in [3.63, 3.8) is 0 Å². The molecule has 2 amide bonds. The van der Waals surface area contributed by atoms with Crippen LogP contribution in [0.3, 0.4) is 0 Å². The van der Waals surface area contributed by atoms with Gasteiger partial charge in [-0.2, -0.15) is 13.2 Å². The molecule has 3 aromatic rings.